The molecule has 0 bridgehead atoms. The van der Waals surface area contributed by atoms with Crippen molar-refractivity contribution in [1.29, 1.82) is 5.26 Å². The third-order valence-corrected chi connectivity index (χ3v) is 9.32. The number of benzene rings is 6. The highest BCUT2D eigenvalue weighted by Gasteiger charge is 2.35. The van der Waals surface area contributed by atoms with Crippen LogP contribution in [0.25, 0.3) is 67.3 Å². The summed E-state index contributed by atoms with van der Waals surface area (Å²) in [6, 6.07) is 54.9. The van der Waals surface area contributed by atoms with E-state index in [1.165, 1.54) is 22.3 Å². The van der Waals surface area contributed by atoms with E-state index in [2.05, 4.69) is 117 Å². The molecule has 0 aliphatic heterocycles. The molecular formula is C44H31N3. The molecule has 1 aromatic heterocycles. The molecule has 0 saturated carbocycles. The first-order chi connectivity index (χ1) is 23.0. The first-order valence-corrected chi connectivity index (χ1v) is 15.9. The Balaban J connectivity index is 1.33. The zero-order chi connectivity index (χ0) is 32.0. The van der Waals surface area contributed by atoms with Gasteiger partial charge in [0.05, 0.1) is 23.0 Å². The van der Waals surface area contributed by atoms with E-state index in [9.17, 15) is 5.26 Å². The molecule has 0 saturated heterocycles. The van der Waals surface area contributed by atoms with Gasteiger partial charge in [0.15, 0.2) is 5.82 Å². The first kappa shape index (κ1) is 28.4. The van der Waals surface area contributed by atoms with Crippen LogP contribution >= 0.6 is 0 Å². The topological polar surface area (TPSA) is 49.6 Å². The van der Waals surface area contributed by atoms with Crippen molar-refractivity contribution < 1.29 is 0 Å². The van der Waals surface area contributed by atoms with Crippen LogP contribution in [0, 0.1) is 11.3 Å². The Morgan fingerprint density at radius 1 is 0.447 bits per heavy atom. The van der Waals surface area contributed by atoms with Crippen molar-refractivity contribution in [3.8, 4) is 73.4 Å². The van der Waals surface area contributed by atoms with E-state index < -0.39 is 0 Å². The summed E-state index contributed by atoms with van der Waals surface area (Å²) in [6.07, 6.45) is 0. The average Bonchev–Trinajstić information content (AvgIpc) is 3.37. The van der Waals surface area contributed by atoms with Gasteiger partial charge in [0.25, 0.3) is 0 Å². The molecule has 0 radical (unpaired) electrons. The number of aromatic nitrogens is 2. The molecule has 3 heteroatoms. The minimum atomic E-state index is -0.0923. The Kier molecular flexibility index (Phi) is 6.85. The van der Waals surface area contributed by atoms with E-state index in [-0.39, 0.29) is 5.41 Å². The molecule has 0 atom stereocenters. The van der Waals surface area contributed by atoms with Gasteiger partial charge in [-0.25, -0.2) is 9.97 Å². The van der Waals surface area contributed by atoms with Crippen molar-refractivity contribution in [1.82, 2.24) is 9.97 Å². The van der Waals surface area contributed by atoms with Crippen LogP contribution in [0.2, 0.25) is 0 Å². The lowest BCUT2D eigenvalue weighted by Crippen LogP contribution is -2.14. The van der Waals surface area contributed by atoms with Crippen LogP contribution in [0.3, 0.4) is 0 Å². The Hall–Kier alpha value is -6.11. The number of nitrogens with zero attached hydrogens (tertiary/aromatic N) is 3. The van der Waals surface area contributed by atoms with Gasteiger partial charge in [-0.05, 0) is 87.0 Å². The van der Waals surface area contributed by atoms with Gasteiger partial charge in [0, 0.05) is 22.1 Å². The standard InChI is InChI=1S/C44H31N3/c1-44(2)39-16-10-9-15-37(39)38-22-21-33(26-40(38)44)35-23-34(30-11-5-3-6-12-30)24-36(25-35)43-46-41(31-13-7-4-8-14-31)27-42(47-43)32-19-17-29(28-45)18-20-32/h3-27H,1-2H3. The molecule has 7 aromatic rings. The van der Waals surface area contributed by atoms with E-state index in [1.54, 1.807) is 0 Å². The van der Waals surface area contributed by atoms with Gasteiger partial charge in [-0.1, -0.05) is 123 Å². The molecule has 0 N–H and O–H groups in total. The predicted octanol–water partition coefficient (Wildman–Crippen LogP) is 11.0. The van der Waals surface area contributed by atoms with Crippen LogP contribution in [0.4, 0.5) is 0 Å². The van der Waals surface area contributed by atoms with Crippen molar-refractivity contribution in [2.24, 2.45) is 0 Å². The average molecular weight is 602 g/mol. The highest BCUT2D eigenvalue weighted by molar-refractivity contribution is 5.86. The highest BCUT2D eigenvalue weighted by Crippen LogP contribution is 2.49. The zero-order valence-electron chi connectivity index (χ0n) is 26.3. The van der Waals surface area contributed by atoms with Crippen molar-refractivity contribution in [2.75, 3.05) is 0 Å². The molecule has 0 unspecified atom stereocenters. The van der Waals surface area contributed by atoms with Crippen molar-refractivity contribution in [3.63, 3.8) is 0 Å². The fourth-order valence-electron chi connectivity index (χ4n) is 6.80. The van der Waals surface area contributed by atoms with Gasteiger partial charge < -0.3 is 0 Å². The molecule has 1 heterocycles. The fourth-order valence-corrected chi connectivity index (χ4v) is 6.80. The molecule has 1 aliphatic carbocycles. The number of nitriles is 1. The Morgan fingerprint density at radius 3 is 1.66 bits per heavy atom. The van der Waals surface area contributed by atoms with Crippen molar-refractivity contribution in [3.05, 3.63) is 168 Å². The zero-order valence-corrected chi connectivity index (χ0v) is 26.3. The highest BCUT2D eigenvalue weighted by atomic mass is 14.9. The Bertz CT molecular complexity index is 2310. The van der Waals surface area contributed by atoms with Crippen LogP contribution in [-0.4, -0.2) is 9.97 Å². The maximum atomic E-state index is 9.37. The molecule has 47 heavy (non-hydrogen) atoms. The smallest absolute Gasteiger partial charge is 0.160 e. The summed E-state index contributed by atoms with van der Waals surface area (Å²) in [5.74, 6) is 0.652. The van der Waals surface area contributed by atoms with E-state index >= 15 is 0 Å². The van der Waals surface area contributed by atoms with Gasteiger partial charge in [0.1, 0.15) is 0 Å². The van der Waals surface area contributed by atoms with E-state index in [0.29, 0.717) is 11.4 Å². The molecule has 0 amide bonds. The molecule has 0 spiro atoms. The summed E-state index contributed by atoms with van der Waals surface area (Å²) in [4.78, 5) is 10.3. The largest absolute Gasteiger partial charge is 0.228 e. The second-order valence-electron chi connectivity index (χ2n) is 12.6. The molecule has 3 nitrogen and oxygen atoms in total. The van der Waals surface area contributed by atoms with Gasteiger partial charge in [-0.2, -0.15) is 5.26 Å². The number of hydrogen-bond donors (Lipinski definition) is 0. The molecule has 6 aromatic carbocycles. The van der Waals surface area contributed by atoms with Gasteiger partial charge in [-0.3, -0.25) is 0 Å². The van der Waals surface area contributed by atoms with Crippen LogP contribution in [0.1, 0.15) is 30.5 Å². The second-order valence-corrected chi connectivity index (χ2v) is 12.6. The van der Waals surface area contributed by atoms with Gasteiger partial charge >= 0.3 is 0 Å². The summed E-state index contributed by atoms with van der Waals surface area (Å²) in [5, 5.41) is 9.37. The number of fused-ring (bicyclic) bond motifs is 3. The lowest BCUT2D eigenvalue weighted by molar-refractivity contribution is 0.660. The van der Waals surface area contributed by atoms with Crippen LogP contribution in [-0.2, 0) is 5.41 Å². The lowest BCUT2D eigenvalue weighted by Gasteiger charge is -2.22. The van der Waals surface area contributed by atoms with E-state index in [4.69, 9.17) is 9.97 Å². The molecule has 222 valence electrons. The quantitative estimate of drug-likeness (QED) is 0.197. The second kappa shape index (κ2) is 11.4. The molecular weight excluding hydrogens is 571 g/mol. The molecule has 0 fully saturated rings. The number of rotatable bonds is 5. The summed E-state index contributed by atoms with van der Waals surface area (Å²) in [7, 11) is 0. The minimum absolute atomic E-state index is 0.0923. The van der Waals surface area contributed by atoms with E-state index in [1.807, 2.05) is 54.6 Å². The minimum Gasteiger partial charge on any atom is -0.228 e. The summed E-state index contributed by atoms with van der Waals surface area (Å²) in [6.45, 7) is 4.64. The Morgan fingerprint density at radius 2 is 0.979 bits per heavy atom. The van der Waals surface area contributed by atoms with Crippen molar-refractivity contribution >= 4 is 0 Å². The maximum Gasteiger partial charge on any atom is 0.160 e. The number of hydrogen-bond acceptors (Lipinski definition) is 3. The summed E-state index contributed by atoms with van der Waals surface area (Å²) >= 11 is 0. The molecule has 1 aliphatic rings. The summed E-state index contributed by atoms with van der Waals surface area (Å²) in [5.41, 5.74) is 14.9. The Labute approximate surface area is 275 Å². The van der Waals surface area contributed by atoms with Crippen LogP contribution < -0.4 is 0 Å². The SMILES string of the molecule is CC1(C)c2ccccc2-c2ccc(-c3cc(-c4ccccc4)cc(-c4nc(-c5ccccc5)cc(-c5ccc(C#N)cc5)n4)c3)cc21. The third-order valence-electron chi connectivity index (χ3n) is 9.32. The third kappa shape index (κ3) is 5.11. The first-order valence-electron chi connectivity index (χ1n) is 15.9. The van der Waals surface area contributed by atoms with Gasteiger partial charge in [-0.15, -0.1) is 0 Å². The van der Waals surface area contributed by atoms with Crippen LogP contribution in [0.15, 0.2) is 152 Å². The predicted molar refractivity (Wildman–Crippen MR) is 191 cm³/mol. The maximum absolute atomic E-state index is 9.37. The fraction of sp³-hybridized carbons (Fsp3) is 0.0682. The van der Waals surface area contributed by atoms with E-state index in [0.717, 1.165) is 50.3 Å². The van der Waals surface area contributed by atoms with Gasteiger partial charge in [0.2, 0.25) is 0 Å². The van der Waals surface area contributed by atoms with Crippen LogP contribution in [0.5, 0.6) is 0 Å². The normalized spacial score (nSPS) is 12.6. The summed E-state index contributed by atoms with van der Waals surface area (Å²) < 4.78 is 0. The molecule has 8 rings (SSSR count). The monoisotopic (exact) mass is 601 g/mol. The lowest BCUT2D eigenvalue weighted by atomic mass is 9.81. The van der Waals surface area contributed by atoms with Crippen molar-refractivity contribution in [2.45, 2.75) is 19.3 Å².